The van der Waals surface area contributed by atoms with Gasteiger partial charge in [0.05, 0.1) is 11.4 Å². The van der Waals surface area contributed by atoms with Crippen LogP contribution in [0.5, 0.6) is 0 Å². The first-order valence-corrected chi connectivity index (χ1v) is 6.22. The predicted molar refractivity (Wildman–Crippen MR) is 73.3 cm³/mol. The largest absolute Gasteiger partial charge is 0.478 e. The van der Waals surface area contributed by atoms with E-state index in [4.69, 9.17) is 9.94 Å². The van der Waals surface area contributed by atoms with Crippen molar-refractivity contribution >= 4 is 11.7 Å². The zero-order valence-corrected chi connectivity index (χ0v) is 10.6. The number of carbonyl (C=O) groups is 1. The fourth-order valence-electron chi connectivity index (χ4n) is 2.03. The Kier molecular flexibility index (Phi) is 3.16. The van der Waals surface area contributed by atoms with Crippen molar-refractivity contribution in [2.75, 3.05) is 0 Å². The van der Waals surface area contributed by atoms with Gasteiger partial charge in [0.1, 0.15) is 5.71 Å². The Morgan fingerprint density at radius 1 is 1.10 bits per heavy atom. The third kappa shape index (κ3) is 2.38. The summed E-state index contributed by atoms with van der Waals surface area (Å²) in [5, 5.41) is 12.7. The van der Waals surface area contributed by atoms with Crippen LogP contribution in [-0.2, 0) is 9.63 Å². The number of aromatic nitrogens is 1. The number of carboxylic acid groups (broad SMARTS) is 1. The van der Waals surface area contributed by atoms with Crippen LogP contribution in [0.2, 0.25) is 0 Å². The first-order chi connectivity index (χ1) is 9.74. The SMILES string of the molecule is O=C(O)C1CC(c2cccc(-c3ccccc3)n2)=NO1. The lowest BCUT2D eigenvalue weighted by molar-refractivity contribution is -0.148. The van der Waals surface area contributed by atoms with Crippen LogP contribution in [0, 0.1) is 0 Å². The molecule has 0 fully saturated rings. The summed E-state index contributed by atoms with van der Waals surface area (Å²) in [5.41, 5.74) is 3.04. The molecule has 2 aromatic rings. The van der Waals surface area contributed by atoms with Gasteiger partial charge >= 0.3 is 5.97 Å². The number of pyridine rings is 1. The summed E-state index contributed by atoms with van der Waals surface area (Å²) in [4.78, 5) is 20.2. The molecular formula is C15H12N2O3. The van der Waals surface area contributed by atoms with Gasteiger partial charge in [-0.15, -0.1) is 0 Å². The molecule has 1 aliphatic heterocycles. The zero-order valence-electron chi connectivity index (χ0n) is 10.6. The number of nitrogens with zero attached hydrogens (tertiary/aromatic N) is 2. The van der Waals surface area contributed by atoms with Gasteiger partial charge in [0.2, 0.25) is 6.10 Å². The monoisotopic (exact) mass is 268 g/mol. The van der Waals surface area contributed by atoms with Gasteiger partial charge in [-0.1, -0.05) is 41.6 Å². The highest BCUT2D eigenvalue weighted by molar-refractivity contribution is 6.02. The van der Waals surface area contributed by atoms with E-state index in [1.165, 1.54) is 0 Å². The van der Waals surface area contributed by atoms with E-state index in [1.54, 1.807) is 6.07 Å². The molecule has 5 nitrogen and oxygen atoms in total. The third-order valence-corrected chi connectivity index (χ3v) is 3.06. The normalized spacial score (nSPS) is 17.4. The molecule has 1 aliphatic rings. The minimum absolute atomic E-state index is 0.237. The molecule has 0 bridgehead atoms. The van der Waals surface area contributed by atoms with E-state index >= 15 is 0 Å². The molecule has 0 amide bonds. The van der Waals surface area contributed by atoms with Crippen LogP contribution in [0.1, 0.15) is 12.1 Å². The van der Waals surface area contributed by atoms with Crippen LogP contribution in [0.25, 0.3) is 11.3 Å². The Labute approximate surface area is 115 Å². The molecule has 1 atom stereocenters. The number of hydrogen-bond acceptors (Lipinski definition) is 4. The van der Waals surface area contributed by atoms with Crippen molar-refractivity contribution < 1.29 is 14.7 Å². The van der Waals surface area contributed by atoms with Crippen LogP contribution in [0.3, 0.4) is 0 Å². The van der Waals surface area contributed by atoms with Crippen molar-refractivity contribution in [3.05, 3.63) is 54.2 Å². The predicted octanol–water partition coefficient (Wildman–Crippen LogP) is 2.33. The molecule has 2 heterocycles. The molecule has 0 spiro atoms. The molecule has 1 N–H and O–H groups in total. The Bertz CT molecular complexity index is 668. The summed E-state index contributed by atoms with van der Waals surface area (Å²) in [6, 6.07) is 15.4. The Balaban J connectivity index is 1.88. The zero-order chi connectivity index (χ0) is 13.9. The molecule has 5 heteroatoms. The maximum atomic E-state index is 10.8. The van der Waals surface area contributed by atoms with Gasteiger partial charge in [-0.05, 0) is 12.1 Å². The molecule has 1 aromatic heterocycles. The second kappa shape index (κ2) is 5.13. The summed E-state index contributed by atoms with van der Waals surface area (Å²) in [6.45, 7) is 0. The average molecular weight is 268 g/mol. The molecule has 1 unspecified atom stereocenters. The van der Waals surface area contributed by atoms with Crippen molar-refractivity contribution in [3.8, 4) is 11.3 Å². The van der Waals surface area contributed by atoms with E-state index < -0.39 is 12.1 Å². The van der Waals surface area contributed by atoms with Crippen molar-refractivity contribution in [2.24, 2.45) is 5.16 Å². The van der Waals surface area contributed by atoms with Gasteiger partial charge in [-0.2, -0.15) is 0 Å². The summed E-state index contributed by atoms with van der Waals surface area (Å²) in [7, 11) is 0. The minimum atomic E-state index is -1.01. The molecule has 0 saturated carbocycles. The number of rotatable bonds is 3. The second-order valence-electron chi connectivity index (χ2n) is 4.45. The Morgan fingerprint density at radius 3 is 2.55 bits per heavy atom. The van der Waals surface area contributed by atoms with Crippen molar-refractivity contribution in [3.63, 3.8) is 0 Å². The van der Waals surface area contributed by atoms with Crippen LogP contribution in [-0.4, -0.2) is 27.9 Å². The quantitative estimate of drug-likeness (QED) is 0.927. The molecule has 0 saturated heterocycles. The average Bonchev–Trinajstić information content (AvgIpc) is 2.98. The lowest BCUT2D eigenvalue weighted by Gasteiger charge is -2.03. The van der Waals surface area contributed by atoms with Gasteiger partial charge < -0.3 is 9.94 Å². The van der Waals surface area contributed by atoms with E-state index in [-0.39, 0.29) is 6.42 Å². The fourth-order valence-corrected chi connectivity index (χ4v) is 2.03. The first-order valence-electron chi connectivity index (χ1n) is 6.22. The second-order valence-corrected chi connectivity index (χ2v) is 4.45. The molecular weight excluding hydrogens is 256 g/mol. The highest BCUT2D eigenvalue weighted by Gasteiger charge is 2.29. The van der Waals surface area contributed by atoms with Crippen LogP contribution >= 0.6 is 0 Å². The maximum absolute atomic E-state index is 10.8. The van der Waals surface area contributed by atoms with E-state index in [0.717, 1.165) is 11.3 Å². The fraction of sp³-hybridized carbons (Fsp3) is 0.133. The van der Waals surface area contributed by atoms with Gasteiger partial charge in [0, 0.05) is 12.0 Å². The number of benzene rings is 1. The number of hydrogen-bond donors (Lipinski definition) is 1. The summed E-state index contributed by atoms with van der Waals surface area (Å²) >= 11 is 0. The van der Waals surface area contributed by atoms with Crippen LogP contribution in [0.15, 0.2) is 53.7 Å². The lowest BCUT2D eigenvalue weighted by Crippen LogP contribution is -2.20. The summed E-state index contributed by atoms with van der Waals surface area (Å²) in [5.74, 6) is -1.01. The topological polar surface area (TPSA) is 71.8 Å². The lowest BCUT2D eigenvalue weighted by atomic mass is 10.1. The molecule has 0 aliphatic carbocycles. The highest BCUT2D eigenvalue weighted by atomic mass is 16.7. The molecule has 20 heavy (non-hydrogen) atoms. The number of oxime groups is 1. The molecule has 0 radical (unpaired) electrons. The standard InChI is InChI=1S/C15H12N2O3/c18-15(19)14-9-13(17-20-14)12-8-4-7-11(16-12)10-5-2-1-3-6-10/h1-8,14H,9H2,(H,18,19). The van der Waals surface area contributed by atoms with Gasteiger partial charge in [0.15, 0.2) is 0 Å². The first kappa shape index (κ1) is 12.3. The minimum Gasteiger partial charge on any atom is -0.478 e. The highest BCUT2D eigenvalue weighted by Crippen LogP contribution is 2.20. The smallest absolute Gasteiger partial charge is 0.348 e. The maximum Gasteiger partial charge on any atom is 0.348 e. The van der Waals surface area contributed by atoms with Gasteiger partial charge in [0.25, 0.3) is 0 Å². The van der Waals surface area contributed by atoms with Crippen LogP contribution < -0.4 is 0 Å². The Hall–Kier alpha value is -2.69. The molecule has 100 valence electrons. The van der Waals surface area contributed by atoms with Gasteiger partial charge in [-0.25, -0.2) is 9.78 Å². The third-order valence-electron chi connectivity index (χ3n) is 3.06. The molecule has 1 aromatic carbocycles. The van der Waals surface area contributed by atoms with Crippen molar-refractivity contribution in [1.29, 1.82) is 0 Å². The van der Waals surface area contributed by atoms with E-state index in [2.05, 4.69) is 10.1 Å². The van der Waals surface area contributed by atoms with E-state index in [1.807, 2.05) is 42.5 Å². The summed E-state index contributed by atoms with van der Waals surface area (Å²) < 4.78 is 0. The van der Waals surface area contributed by atoms with Gasteiger partial charge in [-0.3, -0.25) is 0 Å². The Morgan fingerprint density at radius 2 is 1.85 bits per heavy atom. The number of carboxylic acids is 1. The van der Waals surface area contributed by atoms with Crippen molar-refractivity contribution in [2.45, 2.75) is 12.5 Å². The molecule has 3 rings (SSSR count). The number of aliphatic carboxylic acids is 1. The summed E-state index contributed by atoms with van der Waals surface area (Å²) in [6.07, 6.45) is -0.673. The van der Waals surface area contributed by atoms with Crippen LogP contribution in [0.4, 0.5) is 0 Å². The van der Waals surface area contributed by atoms with E-state index in [9.17, 15) is 4.79 Å². The van der Waals surface area contributed by atoms with E-state index in [0.29, 0.717) is 11.4 Å². The van der Waals surface area contributed by atoms with Crippen molar-refractivity contribution in [1.82, 2.24) is 4.98 Å².